The van der Waals surface area contributed by atoms with Gasteiger partial charge in [-0.25, -0.2) is 4.79 Å². The zero-order valence-corrected chi connectivity index (χ0v) is 13.6. The van der Waals surface area contributed by atoms with Gasteiger partial charge < -0.3 is 20.7 Å². The molecule has 0 saturated carbocycles. The normalized spacial score (nSPS) is 18.5. The van der Waals surface area contributed by atoms with E-state index in [2.05, 4.69) is 16.0 Å². The van der Waals surface area contributed by atoms with E-state index in [9.17, 15) is 19.2 Å². The van der Waals surface area contributed by atoms with Gasteiger partial charge in [-0.1, -0.05) is 6.92 Å². The number of rotatable bonds is 8. The Balaban J connectivity index is 2.48. The lowest BCUT2D eigenvalue weighted by atomic mass is 10.1. The van der Waals surface area contributed by atoms with Crippen molar-refractivity contribution in [2.45, 2.75) is 58.0 Å². The van der Waals surface area contributed by atoms with Gasteiger partial charge in [0.15, 0.2) is 0 Å². The zero-order chi connectivity index (χ0) is 17.2. The summed E-state index contributed by atoms with van der Waals surface area (Å²) < 4.78 is 4.90. The Labute approximate surface area is 135 Å². The summed E-state index contributed by atoms with van der Waals surface area (Å²) in [6.07, 6.45) is 1.81. The van der Waals surface area contributed by atoms with Gasteiger partial charge in [-0.3, -0.25) is 14.4 Å². The summed E-state index contributed by atoms with van der Waals surface area (Å²) >= 11 is 0. The van der Waals surface area contributed by atoms with Gasteiger partial charge >= 0.3 is 5.97 Å². The minimum absolute atomic E-state index is 0.0251. The largest absolute Gasteiger partial charge is 0.464 e. The van der Waals surface area contributed by atoms with E-state index in [0.29, 0.717) is 13.0 Å². The van der Waals surface area contributed by atoms with Crippen LogP contribution in [0.5, 0.6) is 0 Å². The van der Waals surface area contributed by atoms with Crippen LogP contribution >= 0.6 is 0 Å². The van der Waals surface area contributed by atoms with Crippen molar-refractivity contribution in [2.24, 2.45) is 0 Å². The van der Waals surface area contributed by atoms with E-state index < -0.39 is 18.1 Å². The molecule has 23 heavy (non-hydrogen) atoms. The van der Waals surface area contributed by atoms with Crippen LogP contribution < -0.4 is 16.0 Å². The Bertz CT molecular complexity index is 452. The lowest BCUT2D eigenvalue weighted by Crippen LogP contribution is -2.50. The summed E-state index contributed by atoms with van der Waals surface area (Å²) in [6.45, 7) is 4.17. The molecule has 0 aromatic rings. The summed E-state index contributed by atoms with van der Waals surface area (Å²) in [5.74, 6) is -1.36. The van der Waals surface area contributed by atoms with Gasteiger partial charge in [0.25, 0.3) is 0 Å². The molecule has 2 atom stereocenters. The highest BCUT2D eigenvalue weighted by Gasteiger charge is 2.26. The molecule has 0 aliphatic carbocycles. The molecule has 8 nitrogen and oxygen atoms in total. The maximum Gasteiger partial charge on any atom is 0.328 e. The fourth-order valence-electron chi connectivity index (χ4n) is 2.24. The van der Waals surface area contributed by atoms with Gasteiger partial charge in [0.05, 0.1) is 6.61 Å². The highest BCUT2D eigenvalue weighted by molar-refractivity contribution is 5.88. The Morgan fingerprint density at radius 2 is 2.04 bits per heavy atom. The second-order valence-corrected chi connectivity index (χ2v) is 5.32. The number of ether oxygens (including phenoxy) is 1. The minimum Gasteiger partial charge on any atom is -0.464 e. The molecule has 3 amide bonds. The number of hydrogen-bond acceptors (Lipinski definition) is 5. The zero-order valence-electron chi connectivity index (χ0n) is 13.6. The molecule has 0 aromatic carbocycles. The number of esters is 1. The standard InChI is InChI=1S/C15H25N3O5/c1-3-12(19)18-11(15(22)23-4-2)7-8-13(20)17-10-6-5-9-16-14(10)21/h10-11H,3-9H2,1-2H3,(H,16,21)(H,17,20)(H,18,19). The lowest BCUT2D eigenvalue weighted by Gasteiger charge is -2.23. The first-order valence-corrected chi connectivity index (χ1v) is 8.01. The van der Waals surface area contributed by atoms with Crippen LogP contribution in [0.3, 0.4) is 0 Å². The molecule has 1 rings (SSSR count). The average molecular weight is 327 g/mol. The van der Waals surface area contributed by atoms with Crippen LogP contribution in [-0.2, 0) is 23.9 Å². The molecule has 0 bridgehead atoms. The fraction of sp³-hybridized carbons (Fsp3) is 0.733. The van der Waals surface area contributed by atoms with E-state index in [0.717, 1.165) is 6.42 Å². The molecular formula is C15H25N3O5. The molecule has 1 heterocycles. The third-order valence-corrected chi connectivity index (χ3v) is 3.51. The van der Waals surface area contributed by atoms with Crippen molar-refractivity contribution in [1.82, 2.24) is 16.0 Å². The van der Waals surface area contributed by atoms with E-state index in [1.54, 1.807) is 13.8 Å². The van der Waals surface area contributed by atoms with Crippen molar-refractivity contribution in [2.75, 3.05) is 13.2 Å². The van der Waals surface area contributed by atoms with Crippen molar-refractivity contribution < 1.29 is 23.9 Å². The molecule has 1 aliphatic heterocycles. The first kappa shape index (κ1) is 18.9. The molecule has 1 aliphatic rings. The maximum absolute atomic E-state index is 11.9. The second kappa shape index (κ2) is 9.81. The van der Waals surface area contributed by atoms with E-state index in [1.807, 2.05) is 0 Å². The molecule has 8 heteroatoms. The summed E-state index contributed by atoms with van der Waals surface area (Å²) in [5, 5.41) is 7.88. The van der Waals surface area contributed by atoms with Gasteiger partial charge in [-0.15, -0.1) is 0 Å². The highest BCUT2D eigenvalue weighted by atomic mass is 16.5. The third-order valence-electron chi connectivity index (χ3n) is 3.51. The first-order chi connectivity index (χ1) is 11.0. The van der Waals surface area contributed by atoms with Crippen LogP contribution in [0.15, 0.2) is 0 Å². The van der Waals surface area contributed by atoms with E-state index in [1.165, 1.54) is 0 Å². The van der Waals surface area contributed by atoms with Crippen LogP contribution in [0, 0.1) is 0 Å². The van der Waals surface area contributed by atoms with E-state index in [4.69, 9.17) is 4.74 Å². The van der Waals surface area contributed by atoms with E-state index >= 15 is 0 Å². The third kappa shape index (κ3) is 6.66. The van der Waals surface area contributed by atoms with Crippen molar-refractivity contribution in [3.8, 4) is 0 Å². The minimum atomic E-state index is -0.853. The SMILES string of the molecule is CCOC(=O)C(CCC(=O)NC1CCCNC1=O)NC(=O)CC. The van der Waals surface area contributed by atoms with Crippen LogP contribution in [0.1, 0.15) is 46.0 Å². The van der Waals surface area contributed by atoms with Crippen LogP contribution in [0.2, 0.25) is 0 Å². The van der Waals surface area contributed by atoms with Crippen molar-refractivity contribution in [3.63, 3.8) is 0 Å². The molecule has 2 unspecified atom stereocenters. The molecule has 0 radical (unpaired) electrons. The first-order valence-electron chi connectivity index (χ1n) is 8.01. The molecule has 1 fully saturated rings. The van der Waals surface area contributed by atoms with Gasteiger partial charge in [0.1, 0.15) is 12.1 Å². The van der Waals surface area contributed by atoms with Crippen molar-refractivity contribution in [3.05, 3.63) is 0 Å². The van der Waals surface area contributed by atoms with Crippen LogP contribution in [-0.4, -0.2) is 48.9 Å². The fourth-order valence-corrected chi connectivity index (χ4v) is 2.24. The summed E-state index contributed by atoms with van der Waals surface area (Å²) in [7, 11) is 0. The molecule has 1 saturated heterocycles. The number of hydrogen-bond donors (Lipinski definition) is 3. The topological polar surface area (TPSA) is 114 Å². The van der Waals surface area contributed by atoms with E-state index in [-0.39, 0.29) is 43.6 Å². The Morgan fingerprint density at radius 1 is 1.30 bits per heavy atom. The van der Waals surface area contributed by atoms with Gasteiger partial charge in [0.2, 0.25) is 17.7 Å². The second-order valence-electron chi connectivity index (χ2n) is 5.32. The van der Waals surface area contributed by atoms with Crippen molar-refractivity contribution >= 4 is 23.7 Å². The van der Waals surface area contributed by atoms with Gasteiger partial charge in [-0.05, 0) is 26.2 Å². The number of amides is 3. The quantitative estimate of drug-likeness (QED) is 0.526. The Kier molecular flexibility index (Phi) is 8.07. The predicted molar refractivity (Wildman–Crippen MR) is 82.3 cm³/mol. The molecular weight excluding hydrogens is 302 g/mol. The van der Waals surface area contributed by atoms with Gasteiger partial charge in [-0.2, -0.15) is 0 Å². The number of carbonyl (C=O) groups excluding carboxylic acids is 4. The number of carbonyl (C=O) groups is 4. The Hall–Kier alpha value is -2.12. The molecule has 0 spiro atoms. The van der Waals surface area contributed by atoms with Crippen molar-refractivity contribution in [1.29, 1.82) is 0 Å². The summed E-state index contributed by atoms with van der Waals surface area (Å²) in [5.41, 5.74) is 0. The molecule has 3 N–H and O–H groups in total. The van der Waals surface area contributed by atoms with Gasteiger partial charge in [0, 0.05) is 19.4 Å². The number of piperidine rings is 1. The summed E-state index contributed by atoms with van der Waals surface area (Å²) in [4.78, 5) is 46.8. The monoisotopic (exact) mass is 327 g/mol. The maximum atomic E-state index is 11.9. The average Bonchev–Trinajstić information content (AvgIpc) is 2.53. The Morgan fingerprint density at radius 3 is 2.65 bits per heavy atom. The molecule has 130 valence electrons. The van der Waals surface area contributed by atoms with Crippen LogP contribution in [0.25, 0.3) is 0 Å². The summed E-state index contributed by atoms with van der Waals surface area (Å²) in [6, 6.07) is -1.38. The predicted octanol–water partition coefficient (Wildman–Crippen LogP) is -0.381. The molecule has 0 aromatic heterocycles. The lowest BCUT2D eigenvalue weighted by molar-refractivity contribution is -0.147. The highest BCUT2D eigenvalue weighted by Crippen LogP contribution is 2.06. The smallest absolute Gasteiger partial charge is 0.328 e. The van der Waals surface area contributed by atoms with Crippen LogP contribution in [0.4, 0.5) is 0 Å². The number of nitrogens with one attached hydrogen (secondary N) is 3.